The van der Waals surface area contributed by atoms with E-state index < -0.39 is 0 Å². The lowest BCUT2D eigenvalue weighted by atomic mass is 10.0. The maximum absolute atomic E-state index is 11.4. The largest absolute Gasteiger partial charge is 0.469 e. The summed E-state index contributed by atoms with van der Waals surface area (Å²) in [6.07, 6.45) is 2.73. The Morgan fingerprint density at radius 2 is 1.95 bits per heavy atom. The first kappa shape index (κ1) is 15.0. The number of esters is 1. The zero-order valence-electron chi connectivity index (χ0n) is 12.4. The van der Waals surface area contributed by atoms with E-state index in [1.807, 2.05) is 18.2 Å². The van der Waals surface area contributed by atoms with Gasteiger partial charge in [0.1, 0.15) is 0 Å². The molecular weight excluding hydrogens is 252 g/mol. The standard InChI is InChI=1S/C16H24N2O2/c1-18-9-7-15(8-10-18)17-12-14-6-4-3-5-13(14)11-16(19)20-2/h3-6,15,17H,7-12H2,1-2H3. The number of methoxy groups -OCH3 is 1. The minimum Gasteiger partial charge on any atom is -0.469 e. The molecule has 1 saturated heterocycles. The third kappa shape index (κ3) is 4.32. The summed E-state index contributed by atoms with van der Waals surface area (Å²) >= 11 is 0. The van der Waals surface area contributed by atoms with Gasteiger partial charge in [-0.2, -0.15) is 0 Å². The average Bonchev–Trinajstić information content (AvgIpc) is 2.48. The van der Waals surface area contributed by atoms with Gasteiger partial charge in [-0.15, -0.1) is 0 Å². The van der Waals surface area contributed by atoms with E-state index in [4.69, 9.17) is 4.74 Å². The van der Waals surface area contributed by atoms with Crippen molar-refractivity contribution < 1.29 is 9.53 Å². The molecule has 110 valence electrons. The number of hydrogen-bond acceptors (Lipinski definition) is 4. The molecule has 1 heterocycles. The molecule has 4 heteroatoms. The van der Waals surface area contributed by atoms with Crippen molar-refractivity contribution in [1.29, 1.82) is 0 Å². The van der Waals surface area contributed by atoms with E-state index in [-0.39, 0.29) is 5.97 Å². The molecule has 0 unspecified atom stereocenters. The monoisotopic (exact) mass is 276 g/mol. The van der Waals surface area contributed by atoms with Crippen LogP contribution in [-0.4, -0.2) is 44.2 Å². The van der Waals surface area contributed by atoms with E-state index >= 15 is 0 Å². The second-order valence-corrected chi connectivity index (χ2v) is 5.48. The number of rotatable bonds is 5. The van der Waals surface area contributed by atoms with Crippen molar-refractivity contribution in [2.75, 3.05) is 27.2 Å². The van der Waals surface area contributed by atoms with E-state index in [9.17, 15) is 4.79 Å². The lowest BCUT2D eigenvalue weighted by molar-refractivity contribution is -0.139. The molecule has 2 rings (SSSR count). The van der Waals surface area contributed by atoms with E-state index in [2.05, 4.69) is 23.3 Å². The average molecular weight is 276 g/mol. The third-order valence-electron chi connectivity index (χ3n) is 3.98. The maximum atomic E-state index is 11.4. The van der Waals surface area contributed by atoms with Crippen molar-refractivity contribution in [3.63, 3.8) is 0 Å². The first-order valence-corrected chi connectivity index (χ1v) is 7.24. The summed E-state index contributed by atoms with van der Waals surface area (Å²) in [7, 11) is 3.60. The summed E-state index contributed by atoms with van der Waals surface area (Å²) in [5.74, 6) is -0.184. The molecule has 1 fully saturated rings. The number of ether oxygens (including phenoxy) is 1. The van der Waals surface area contributed by atoms with Gasteiger partial charge in [-0.3, -0.25) is 4.79 Å². The van der Waals surface area contributed by atoms with Crippen LogP contribution in [0, 0.1) is 0 Å². The van der Waals surface area contributed by atoms with Crippen molar-refractivity contribution in [1.82, 2.24) is 10.2 Å². The Bertz CT molecular complexity index is 440. The highest BCUT2D eigenvalue weighted by Crippen LogP contribution is 2.13. The van der Waals surface area contributed by atoms with Crippen LogP contribution < -0.4 is 5.32 Å². The predicted molar refractivity (Wildman–Crippen MR) is 79.5 cm³/mol. The van der Waals surface area contributed by atoms with Crippen LogP contribution in [-0.2, 0) is 22.5 Å². The van der Waals surface area contributed by atoms with Gasteiger partial charge in [0.2, 0.25) is 0 Å². The topological polar surface area (TPSA) is 41.6 Å². The molecule has 0 radical (unpaired) electrons. The van der Waals surface area contributed by atoms with Gasteiger partial charge in [0.05, 0.1) is 13.5 Å². The first-order valence-electron chi connectivity index (χ1n) is 7.24. The van der Waals surface area contributed by atoms with Gasteiger partial charge >= 0.3 is 5.97 Å². The first-order chi connectivity index (χ1) is 9.69. The number of carbonyl (C=O) groups is 1. The van der Waals surface area contributed by atoms with Crippen molar-refractivity contribution in [3.8, 4) is 0 Å². The van der Waals surface area contributed by atoms with Crippen LogP contribution in [0.1, 0.15) is 24.0 Å². The fraction of sp³-hybridized carbons (Fsp3) is 0.562. The van der Waals surface area contributed by atoms with Gasteiger partial charge in [-0.1, -0.05) is 24.3 Å². The van der Waals surface area contributed by atoms with Crippen LogP contribution in [0.25, 0.3) is 0 Å². The summed E-state index contributed by atoms with van der Waals surface area (Å²) in [6, 6.07) is 8.66. The molecule has 0 aliphatic carbocycles. The number of carbonyl (C=O) groups excluding carboxylic acids is 1. The fourth-order valence-electron chi connectivity index (χ4n) is 2.60. The summed E-state index contributed by atoms with van der Waals surface area (Å²) in [5, 5.41) is 3.61. The smallest absolute Gasteiger partial charge is 0.309 e. The van der Waals surface area contributed by atoms with Crippen molar-refractivity contribution in [3.05, 3.63) is 35.4 Å². The number of hydrogen-bond donors (Lipinski definition) is 1. The molecule has 0 bridgehead atoms. The highest BCUT2D eigenvalue weighted by molar-refractivity contribution is 5.72. The lowest BCUT2D eigenvalue weighted by Crippen LogP contribution is -2.40. The number of nitrogens with one attached hydrogen (secondary N) is 1. The highest BCUT2D eigenvalue weighted by Gasteiger charge is 2.16. The van der Waals surface area contributed by atoms with Gasteiger partial charge in [-0.05, 0) is 44.1 Å². The lowest BCUT2D eigenvalue weighted by Gasteiger charge is -2.29. The Labute approximate surface area is 121 Å². The van der Waals surface area contributed by atoms with Crippen molar-refractivity contribution in [2.45, 2.75) is 31.8 Å². The maximum Gasteiger partial charge on any atom is 0.309 e. The Morgan fingerprint density at radius 3 is 2.60 bits per heavy atom. The quantitative estimate of drug-likeness (QED) is 0.829. The fourth-order valence-corrected chi connectivity index (χ4v) is 2.60. The second-order valence-electron chi connectivity index (χ2n) is 5.48. The number of nitrogens with zero attached hydrogens (tertiary/aromatic N) is 1. The molecule has 1 aliphatic heterocycles. The minimum atomic E-state index is -0.184. The Kier molecular flexibility index (Phi) is 5.56. The molecule has 0 saturated carbocycles. The zero-order chi connectivity index (χ0) is 14.4. The molecule has 20 heavy (non-hydrogen) atoms. The van der Waals surface area contributed by atoms with Crippen molar-refractivity contribution >= 4 is 5.97 Å². The van der Waals surface area contributed by atoms with Gasteiger partial charge in [0.15, 0.2) is 0 Å². The Morgan fingerprint density at radius 1 is 1.30 bits per heavy atom. The van der Waals surface area contributed by atoms with Crippen LogP contribution in [0.2, 0.25) is 0 Å². The molecule has 0 aromatic heterocycles. The zero-order valence-corrected chi connectivity index (χ0v) is 12.4. The van der Waals surface area contributed by atoms with E-state index in [0.717, 1.165) is 25.2 Å². The molecular formula is C16H24N2O2. The molecule has 1 aliphatic rings. The molecule has 0 amide bonds. The van der Waals surface area contributed by atoms with Crippen LogP contribution in [0.4, 0.5) is 0 Å². The summed E-state index contributed by atoms with van der Waals surface area (Å²) in [5.41, 5.74) is 2.25. The minimum absolute atomic E-state index is 0.184. The predicted octanol–water partition coefficient (Wildman–Crippen LogP) is 1.59. The SMILES string of the molecule is COC(=O)Cc1ccccc1CNC1CCN(C)CC1. The Hall–Kier alpha value is -1.39. The van der Waals surface area contributed by atoms with E-state index in [0.29, 0.717) is 12.5 Å². The number of benzene rings is 1. The summed E-state index contributed by atoms with van der Waals surface area (Å²) in [4.78, 5) is 13.8. The third-order valence-corrected chi connectivity index (χ3v) is 3.98. The highest BCUT2D eigenvalue weighted by atomic mass is 16.5. The van der Waals surface area contributed by atoms with E-state index in [1.165, 1.54) is 25.5 Å². The molecule has 0 atom stereocenters. The van der Waals surface area contributed by atoms with Gasteiger partial charge < -0.3 is 15.0 Å². The van der Waals surface area contributed by atoms with Crippen LogP contribution >= 0.6 is 0 Å². The van der Waals surface area contributed by atoms with Crippen LogP contribution in [0.3, 0.4) is 0 Å². The second kappa shape index (κ2) is 7.41. The van der Waals surface area contributed by atoms with Gasteiger partial charge in [0, 0.05) is 12.6 Å². The molecule has 1 aromatic rings. The Balaban J connectivity index is 1.90. The molecule has 0 spiro atoms. The molecule has 1 aromatic carbocycles. The molecule has 4 nitrogen and oxygen atoms in total. The van der Waals surface area contributed by atoms with E-state index in [1.54, 1.807) is 0 Å². The summed E-state index contributed by atoms with van der Waals surface area (Å²) in [6.45, 7) is 3.13. The van der Waals surface area contributed by atoms with Crippen LogP contribution in [0.5, 0.6) is 0 Å². The van der Waals surface area contributed by atoms with Crippen molar-refractivity contribution in [2.24, 2.45) is 0 Å². The van der Waals surface area contributed by atoms with Gasteiger partial charge in [-0.25, -0.2) is 0 Å². The summed E-state index contributed by atoms with van der Waals surface area (Å²) < 4.78 is 4.75. The molecule has 1 N–H and O–H groups in total. The van der Waals surface area contributed by atoms with Gasteiger partial charge in [0.25, 0.3) is 0 Å². The number of likely N-dealkylation sites (tertiary alicyclic amines) is 1. The van der Waals surface area contributed by atoms with Crippen LogP contribution in [0.15, 0.2) is 24.3 Å². The normalized spacial score (nSPS) is 17.1. The number of piperidine rings is 1.